The molecule has 0 amide bonds. The van der Waals surface area contributed by atoms with Gasteiger partial charge in [0, 0.05) is 12.1 Å². The third-order valence-electron chi connectivity index (χ3n) is 2.53. The van der Waals surface area contributed by atoms with Crippen LogP contribution in [-0.2, 0) is 0 Å². The van der Waals surface area contributed by atoms with E-state index in [2.05, 4.69) is 0 Å². The molecule has 4 N–H and O–H groups in total. The maximum absolute atomic E-state index is 10.5. The molecule has 0 unspecified atom stereocenters. The molecule has 0 saturated heterocycles. The second-order valence-corrected chi connectivity index (χ2v) is 3.70. The number of nitro groups is 1. The van der Waals surface area contributed by atoms with Gasteiger partial charge in [-0.05, 0) is 24.3 Å². The summed E-state index contributed by atoms with van der Waals surface area (Å²) in [4.78, 5) is 10.1. The molecule has 0 aliphatic rings. The molecule has 0 atom stereocenters. The zero-order valence-electron chi connectivity index (χ0n) is 9.48. The van der Waals surface area contributed by atoms with Crippen LogP contribution in [0.1, 0.15) is 0 Å². The van der Waals surface area contributed by atoms with E-state index >= 15 is 0 Å². The van der Waals surface area contributed by atoms with Crippen molar-refractivity contribution in [2.45, 2.75) is 0 Å². The molecule has 6 nitrogen and oxygen atoms in total. The van der Waals surface area contributed by atoms with Gasteiger partial charge in [-0.2, -0.15) is 0 Å². The fourth-order valence-corrected chi connectivity index (χ4v) is 1.58. The van der Waals surface area contributed by atoms with E-state index in [4.69, 9.17) is 11.6 Å². The van der Waals surface area contributed by atoms with Gasteiger partial charge >= 0.3 is 0 Å². The summed E-state index contributed by atoms with van der Waals surface area (Å²) in [6, 6.07) is 13.1. The van der Waals surface area contributed by atoms with E-state index < -0.39 is 4.92 Å². The first-order valence-corrected chi connectivity index (χ1v) is 5.23. The van der Waals surface area contributed by atoms with E-state index in [9.17, 15) is 10.1 Å². The molecule has 0 aromatic heterocycles. The molecular formula is C12H12N4O2. The summed E-state index contributed by atoms with van der Waals surface area (Å²) in [5, 5.41) is 11.9. The van der Waals surface area contributed by atoms with Crippen LogP contribution in [0.2, 0.25) is 0 Å². The molecule has 0 aliphatic heterocycles. The van der Waals surface area contributed by atoms with E-state index in [0.717, 1.165) is 0 Å². The fraction of sp³-hybridized carbons (Fsp3) is 0. The number of benzene rings is 2. The van der Waals surface area contributed by atoms with Crippen molar-refractivity contribution in [2.75, 3.05) is 10.7 Å². The van der Waals surface area contributed by atoms with E-state index in [-0.39, 0.29) is 5.69 Å². The summed E-state index contributed by atoms with van der Waals surface area (Å²) in [6.45, 7) is 0. The number of hydrogen-bond acceptors (Lipinski definition) is 5. The molecule has 2 aromatic rings. The van der Waals surface area contributed by atoms with Gasteiger partial charge in [-0.1, -0.05) is 12.1 Å². The van der Waals surface area contributed by atoms with Crippen LogP contribution in [0, 0.1) is 10.1 Å². The van der Waals surface area contributed by atoms with Crippen molar-refractivity contribution in [3.63, 3.8) is 0 Å². The highest BCUT2D eigenvalue weighted by Crippen LogP contribution is 2.28. The first kappa shape index (κ1) is 11.9. The van der Waals surface area contributed by atoms with Gasteiger partial charge in [-0.25, -0.2) is 5.84 Å². The van der Waals surface area contributed by atoms with Crippen LogP contribution in [-0.4, -0.2) is 4.92 Å². The first-order valence-electron chi connectivity index (χ1n) is 5.23. The van der Waals surface area contributed by atoms with Gasteiger partial charge in [0.25, 0.3) is 5.69 Å². The highest BCUT2D eigenvalue weighted by atomic mass is 16.6. The summed E-state index contributed by atoms with van der Waals surface area (Å²) in [5.74, 6) is 5.93. The van der Waals surface area contributed by atoms with Crippen molar-refractivity contribution < 1.29 is 4.92 Å². The topological polar surface area (TPSA) is 98.4 Å². The standard InChI is InChI=1S/C12H12N4O2/c13-11-3-1-2-4-12(11)15(14)9-5-7-10(8-6-9)16(17)18/h1-8H,13-14H2. The van der Waals surface area contributed by atoms with Crippen LogP contribution in [0.5, 0.6) is 0 Å². The van der Waals surface area contributed by atoms with Crippen molar-refractivity contribution in [1.29, 1.82) is 0 Å². The zero-order valence-corrected chi connectivity index (χ0v) is 9.48. The molecular weight excluding hydrogens is 232 g/mol. The van der Waals surface area contributed by atoms with E-state index in [1.54, 1.807) is 24.3 Å². The summed E-state index contributed by atoms with van der Waals surface area (Å²) in [5.41, 5.74) is 7.64. The lowest BCUT2D eigenvalue weighted by atomic mass is 10.2. The minimum Gasteiger partial charge on any atom is -0.397 e. The molecule has 0 radical (unpaired) electrons. The third-order valence-corrected chi connectivity index (χ3v) is 2.53. The number of rotatable bonds is 3. The number of nitro benzene ring substituents is 1. The van der Waals surface area contributed by atoms with Gasteiger partial charge in [0.05, 0.1) is 22.0 Å². The fourth-order valence-electron chi connectivity index (χ4n) is 1.58. The average molecular weight is 244 g/mol. The maximum atomic E-state index is 10.5. The summed E-state index contributed by atoms with van der Waals surface area (Å²) in [7, 11) is 0. The van der Waals surface area contributed by atoms with Crippen molar-refractivity contribution in [1.82, 2.24) is 0 Å². The second kappa shape index (κ2) is 4.72. The Morgan fingerprint density at radius 2 is 1.67 bits per heavy atom. The quantitative estimate of drug-likeness (QED) is 0.373. The van der Waals surface area contributed by atoms with Gasteiger partial charge in [-0.15, -0.1) is 0 Å². The van der Waals surface area contributed by atoms with Gasteiger partial charge in [0.15, 0.2) is 0 Å². The zero-order chi connectivity index (χ0) is 13.1. The first-order chi connectivity index (χ1) is 8.59. The van der Waals surface area contributed by atoms with Crippen molar-refractivity contribution >= 4 is 22.7 Å². The molecule has 18 heavy (non-hydrogen) atoms. The molecule has 2 aromatic carbocycles. The average Bonchev–Trinajstić information content (AvgIpc) is 2.38. The number of hydrogen-bond donors (Lipinski definition) is 2. The van der Waals surface area contributed by atoms with E-state index in [1.165, 1.54) is 17.1 Å². The second-order valence-electron chi connectivity index (χ2n) is 3.70. The summed E-state index contributed by atoms with van der Waals surface area (Å²) < 4.78 is 0. The highest BCUT2D eigenvalue weighted by Gasteiger charge is 2.10. The summed E-state index contributed by atoms with van der Waals surface area (Å²) >= 11 is 0. The minimum atomic E-state index is -0.457. The number of nitrogen functional groups attached to an aromatic ring is 1. The van der Waals surface area contributed by atoms with Crippen LogP contribution in [0.25, 0.3) is 0 Å². The highest BCUT2D eigenvalue weighted by molar-refractivity contribution is 5.73. The normalized spacial score (nSPS) is 10.1. The Balaban J connectivity index is 2.32. The Morgan fingerprint density at radius 3 is 2.22 bits per heavy atom. The molecule has 0 bridgehead atoms. The molecule has 0 heterocycles. The third kappa shape index (κ3) is 2.23. The number of para-hydroxylation sites is 2. The minimum absolute atomic E-state index is 0.0215. The molecule has 0 spiro atoms. The Morgan fingerprint density at radius 1 is 1.06 bits per heavy atom. The SMILES string of the molecule is Nc1ccccc1N(N)c1ccc([N+](=O)[O-])cc1. The van der Waals surface area contributed by atoms with Crippen LogP contribution >= 0.6 is 0 Å². The van der Waals surface area contributed by atoms with Crippen molar-refractivity contribution in [3.8, 4) is 0 Å². The van der Waals surface area contributed by atoms with Crippen LogP contribution in [0.4, 0.5) is 22.7 Å². The Bertz CT molecular complexity index is 569. The Hall–Kier alpha value is -2.60. The Kier molecular flexibility index (Phi) is 3.11. The number of non-ortho nitro benzene ring substituents is 1. The number of anilines is 3. The molecule has 0 saturated carbocycles. The molecule has 92 valence electrons. The molecule has 6 heteroatoms. The smallest absolute Gasteiger partial charge is 0.269 e. The predicted molar refractivity (Wildman–Crippen MR) is 70.3 cm³/mol. The number of nitrogens with zero attached hydrogens (tertiary/aromatic N) is 2. The van der Waals surface area contributed by atoms with Crippen LogP contribution in [0.3, 0.4) is 0 Å². The lowest BCUT2D eigenvalue weighted by Crippen LogP contribution is -2.25. The largest absolute Gasteiger partial charge is 0.397 e. The molecule has 0 fully saturated rings. The number of hydrazine groups is 1. The van der Waals surface area contributed by atoms with Gasteiger partial charge in [0.2, 0.25) is 0 Å². The Labute approximate surface area is 104 Å². The van der Waals surface area contributed by atoms with Gasteiger partial charge < -0.3 is 5.73 Å². The predicted octanol–water partition coefficient (Wildman–Crippen LogP) is 2.19. The molecule has 2 rings (SSSR count). The summed E-state index contributed by atoms with van der Waals surface area (Å²) in [6.07, 6.45) is 0. The van der Waals surface area contributed by atoms with Crippen LogP contribution < -0.4 is 16.6 Å². The molecule has 0 aliphatic carbocycles. The van der Waals surface area contributed by atoms with Crippen LogP contribution in [0.15, 0.2) is 48.5 Å². The van der Waals surface area contributed by atoms with E-state index in [0.29, 0.717) is 17.1 Å². The maximum Gasteiger partial charge on any atom is 0.269 e. The van der Waals surface area contributed by atoms with Crippen molar-refractivity contribution in [3.05, 3.63) is 58.6 Å². The van der Waals surface area contributed by atoms with Gasteiger partial charge in [0.1, 0.15) is 0 Å². The lowest BCUT2D eigenvalue weighted by molar-refractivity contribution is -0.384. The number of nitrogens with two attached hydrogens (primary N) is 2. The monoisotopic (exact) mass is 244 g/mol. The van der Waals surface area contributed by atoms with Gasteiger partial charge in [-0.3, -0.25) is 15.1 Å². The lowest BCUT2D eigenvalue weighted by Gasteiger charge is -2.20. The van der Waals surface area contributed by atoms with E-state index in [1.807, 2.05) is 12.1 Å². The van der Waals surface area contributed by atoms with Crippen molar-refractivity contribution in [2.24, 2.45) is 5.84 Å².